The van der Waals surface area contributed by atoms with Crippen LogP contribution in [-0.4, -0.2) is 64.0 Å². The molecule has 4 N–H and O–H groups in total. The molecule has 152 valence electrons. The van der Waals surface area contributed by atoms with Crippen LogP contribution in [0.25, 0.3) is 0 Å². The van der Waals surface area contributed by atoms with Crippen LogP contribution in [0.15, 0.2) is 0 Å². The summed E-state index contributed by atoms with van der Waals surface area (Å²) in [5.41, 5.74) is 0. The monoisotopic (exact) mass is 366 g/mol. The topological polar surface area (TPSA) is 126 Å². The Hall–Kier alpha value is -2.16. The third-order valence-electron chi connectivity index (χ3n) is 1.90. The van der Waals surface area contributed by atoms with E-state index in [1.165, 1.54) is 20.8 Å². The summed E-state index contributed by atoms with van der Waals surface area (Å²) in [7, 11) is 3.20. The summed E-state index contributed by atoms with van der Waals surface area (Å²) in [6.45, 7) is 8.01. The normalized spacial score (nSPS) is 7.60. The lowest BCUT2D eigenvalue weighted by Gasteiger charge is -2.00. The van der Waals surface area contributed by atoms with Crippen LogP contribution < -0.4 is 21.3 Å². The van der Waals surface area contributed by atoms with E-state index in [2.05, 4.69) is 26.0 Å². The first-order chi connectivity index (χ1) is 10.7. The van der Waals surface area contributed by atoms with Crippen molar-refractivity contribution in [3.05, 3.63) is 0 Å². The fourth-order valence-corrected chi connectivity index (χ4v) is 0.794. The fraction of sp³-hybridized carbons (Fsp3) is 0.750. The Morgan fingerprint density at radius 3 is 1.56 bits per heavy atom. The predicted molar refractivity (Wildman–Crippen MR) is 101 cm³/mol. The standard InChI is InChI=1S/C6H12N2O2.C5H11NO2.C3H7NO.2CH4/c1-3-7-6(10)4-8-5(2)9;1-5(7)6-3-4-8-2;1-3(5)4-2;;/h3-4H2,1-2H3,(H,7,10)(H,8,9);3-4H2,1-2H3,(H,6,7);1-2H3,(H,4,5);2*1H4. The van der Waals surface area contributed by atoms with Crippen molar-refractivity contribution < 1.29 is 23.9 Å². The Morgan fingerprint density at radius 2 is 1.28 bits per heavy atom. The molecule has 0 atom stereocenters. The lowest BCUT2D eigenvalue weighted by atomic mass is 10.5. The van der Waals surface area contributed by atoms with Crippen molar-refractivity contribution in [2.45, 2.75) is 42.5 Å². The summed E-state index contributed by atoms with van der Waals surface area (Å²) >= 11 is 0. The van der Waals surface area contributed by atoms with Gasteiger partial charge in [-0.3, -0.25) is 19.2 Å². The summed E-state index contributed by atoms with van der Waals surface area (Å²) in [4.78, 5) is 40.7. The maximum atomic E-state index is 10.6. The number of carbonyl (C=O) groups is 4. The molecule has 0 rings (SSSR count). The van der Waals surface area contributed by atoms with Crippen LogP contribution >= 0.6 is 0 Å². The number of methoxy groups -OCH3 is 1. The average molecular weight is 367 g/mol. The van der Waals surface area contributed by atoms with E-state index in [1.54, 1.807) is 14.2 Å². The van der Waals surface area contributed by atoms with Gasteiger partial charge in [0.1, 0.15) is 0 Å². The van der Waals surface area contributed by atoms with Crippen LogP contribution in [0, 0.1) is 0 Å². The molecule has 0 bridgehead atoms. The van der Waals surface area contributed by atoms with Crippen molar-refractivity contribution in [3.63, 3.8) is 0 Å². The molecule has 0 fully saturated rings. The molecule has 25 heavy (non-hydrogen) atoms. The van der Waals surface area contributed by atoms with Gasteiger partial charge in [-0.05, 0) is 6.92 Å². The van der Waals surface area contributed by atoms with E-state index in [1.807, 2.05) is 6.92 Å². The third kappa shape index (κ3) is 52.1. The molecule has 0 saturated carbocycles. The second-order valence-electron chi connectivity index (χ2n) is 4.15. The molecule has 9 nitrogen and oxygen atoms in total. The number of rotatable bonds is 6. The number of ether oxygens (including phenoxy) is 1. The van der Waals surface area contributed by atoms with Crippen molar-refractivity contribution >= 4 is 23.6 Å². The summed E-state index contributed by atoms with van der Waals surface area (Å²) in [6, 6.07) is 0. The molecule has 0 aromatic heterocycles. The van der Waals surface area contributed by atoms with E-state index in [0.29, 0.717) is 19.7 Å². The Morgan fingerprint density at radius 1 is 0.840 bits per heavy atom. The minimum Gasteiger partial charge on any atom is -0.383 e. The molecular weight excluding hydrogens is 328 g/mol. The van der Waals surface area contributed by atoms with Gasteiger partial charge in [-0.2, -0.15) is 0 Å². The molecule has 9 heteroatoms. The molecule has 0 saturated heterocycles. The Labute approximate surface area is 152 Å². The van der Waals surface area contributed by atoms with Gasteiger partial charge in [-0.1, -0.05) is 14.9 Å². The smallest absolute Gasteiger partial charge is 0.239 e. The van der Waals surface area contributed by atoms with Gasteiger partial charge in [0.05, 0.1) is 13.2 Å². The highest BCUT2D eigenvalue weighted by molar-refractivity contribution is 5.83. The number of nitrogens with one attached hydrogen (secondary N) is 4. The first kappa shape index (κ1) is 34.2. The van der Waals surface area contributed by atoms with Gasteiger partial charge in [-0.15, -0.1) is 0 Å². The molecular formula is C16H38N4O5. The van der Waals surface area contributed by atoms with Crippen LogP contribution in [0.3, 0.4) is 0 Å². The minimum absolute atomic E-state index is 0. The van der Waals surface area contributed by atoms with Crippen LogP contribution in [0.5, 0.6) is 0 Å². The maximum Gasteiger partial charge on any atom is 0.239 e. The number of likely N-dealkylation sites (N-methyl/N-ethyl adjacent to an activating group) is 1. The Balaban J connectivity index is -0.0000000808. The van der Waals surface area contributed by atoms with Gasteiger partial charge in [0, 0.05) is 48.0 Å². The molecule has 0 aromatic rings. The van der Waals surface area contributed by atoms with E-state index >= 15 is 0 Å². The molecule has 0 aromatic carbocycles. The quantitative estimate of drug-likeness (QED) is 0.494. The fourth-order valence-electron chi connectivity index (χ4n) is 0.794. The molecule has 0 aliphatic heterocycles. The van der Waals surface area contributed by atoms with Gasteiger partial charge in [0.25, 0.3) is 0 Å². The summed E-state index contributed by atoms with van der Waals surface area (Å²) in [5.74, 6) is -0.351. The average Bonchev–Trinajstić information content (AvgIpc) is 2.46. The maximum absolute atomic E-state index is 10.6. The first-order valence-electron chi connectivity index (χ1n) is 7.13. The van der Waals surface area contributed by atoms with Crippen molar-refractivity contribution in [1.29, 1.82) is 0 Å². The van der Waals surface area contributed by atoms with E-state index in [-0.39, 0.29) is 45.0 Å². The first-order valence-corrected chi connectivity index (χ1v) is 7.13. The number of carbonyl (C=O) groups excluding carboxylic acids is 4. The van der Waals surface area contributed by atoms with Crippen molar-refractivity contribution in [2.75, 3.05) is 40.4 Å². The highest BCUT2D eigenvalue weighted by Crippen LogP contribution is 1.64. The lowest BCUT2D eigenvalue weighted by Crippen LogP contribution is -2.35. The number of hydrogen-bond donors (Lipinski definition) is 4. The van der Waals surface area contributed by atoms with Crippen LogP contribution in [-0.2, 0) is 23.9 Å². The number of hydrogen-bond acceptors (Lipinski definition) is 5. The summed E-state index contributed by atoms with van der Waals surface area (Å²) in [6.07, 6.45) is 0. The lowest BCUT2D eigenvalue weighted by molar-refractivity contribution is -0.124. The zero-order valence-electron chi connectivity index (χ0n) is 14.9. The highest BCUT2D eigenvalue weighted by atomic mass is 16.5. The number of amides is 4. The molecule has 0 heterocycles. The SMILES string of the molecule is C.C.CCNC(=O)CNC(C)=O.CNC(C)=O.COCCNC(C)=O. The highest BCUT2D eigenvalue weighted by Gasteiger charge is 1.97. The molecule has 4 amide bonds. The van der Waals surface area contributed by atoms with Gasteiger partial charge in [-0.25, -0.2) is 0 Å². The van der Waals surface area contributed by atoms with Gasteiger partial charge >= 0.3 is 0 Å². The zero-order valence-corrected chi connectivity index (χ0v) is 14.9. The minimum atomic E-state index is -0.189. The largest absolute Gasteiger partial charge is 0.383 e. The predicted octanol–water partition coefficient (Wildman–Crippen LogP) is 0.0520. The molecule has 0 aliphatic carbocycles. The molecule has 0 aliphatic rings. The second kappa shape index (κ2) is 26.7. The van der Waals surface area contributed by atoms with Crippen LogP contribution in [0.4, 0.5) is 0 Å². The van der Waals surface area contributed by atoms with Crippen molar-refractivity contribution in [2.24, 2.45) is 0 Å². The van der Waals surface area contributed by atoms with E-state index in [0.717, 1.165) is 0 Å². The van der Waals surface area contributed by atoms with Crippen molar-refractivity contribution in [3.8, 4) is 0 Å². The van der Waals surface area contributed by atoms with Gasteiger partial charge < -0.3 is 26.0 Å². The van der Waals surface area contributed by atoms with Crippen LogP contribution in [0.2, 0.25) is 0 Å². The van der Waals surface area contributed by atoms with Crippen molar-refractivity contribution in [1.82, 2.24) is 21.3 Å². The second-order valence-corrected chi connectivity index (χ2v) is 4.15. The molecule has 0 spiro atoms. The van der Waals surface area contributed by atoms with E-state index in [9.17, 15) is 19.2 Å². The molecule has 0 radical (unpaired) electrons. The third-order valence-corrected chi connectivity index (χ3v) is 1.90. The van der Waals surface area contributed by atoms with Gasteiger partial charge in [0.2, 0.25) is 23.6 Å². The van der Waals surface area contributed by atoms with Gasteiger partial charge in [0.15, 0.2) is 0 Å². The van der Waals surface area contributed by atoms with Crippen LogP contribution in [0.1, 0.15) is 42.5 Å². The van der Waals surface area contributed by atoms with E-state index in [4.69, 9.17) is 0 Å². The summed E-state index contributed by atoms with van der Waals surface area (Å²) < 4.78 is 4.68. The summed E-state index contributed by atoms with van der Waals surface area (Å²) in [5, 5.41) is 9.90. The Kier molecular flexibility index (Phi) is 36.6. The molecule has 0 unspecified atom stereocenters. The van der Waals surface area contributed by atoms with E-state index < -0.39 is 0 Å². The Bertz CT molecular complexity index is 349. The zero-order chi connectivity index (χ0) is 18.7.